The topological polar surface area (TPSA) is 49.7 Å². The van der Waals surface area contributed by atoms with Gasteiger partial charge in [-0.1, -0.05) is 30.3 Å². The first-order valence-electron chi connectivity index (χ1n) is 6.29. The molecule has 0 bridgehead atoms. The molecule has 3 nitrogen and oxygen atoms in total. The molecule has 0 unspecified atom stereocenters. The van der Waals surface area contributed by atoms with Gasteiger partial charge in [0.1, 0.15) is 5.76 Å². The van der Waals surface area contributed by atoms with E-state index in [4.69, 9.17) is 0 Å². The van der Waals surface area contributed by atoms with Gasteiger partial charge in [-0.15, -0.1) is 11.3 Å². The van der Waals surface area contributed by atoms with E-state index in [9.17, 15) is 9.90 Å². The number of carbonyl (C=O) groups excluding carboxylic acids is 1. The zero-order chi connectivity index (χ0) is 14.1. The summed E-state index contributed by atoms with van der Waals surface area (Å²) < 4.78 is 0. The van der Waals surface area contributed by atoms with Gasteiger partial charge in [-0.05, 0) is 18.4 Å². The molecule has 0 amide bonds. The second-order valence-corrected chi connectivity index (χ2v) is 5.61. The van der Waals surface area contributed by atoms with E-state index in [-0.39, 0.29) is 11.5 Å². The Labute approximate surface area is 120 Å². The van der Waals surface area contributed by atoms with Crippen molar-refractivity contribution in [3.05, 3.63) is 63.4 Å². The molecule has 1 aromatic heterocycles. The van der Waals surface area contributed by atoms with Gasteiger partial charge in [0.25, 0.3) is 0 Å². The van der Waals surface area contributed by atoms with Crippen molar-refractivity contribution in [2.75, 3.05) is 0 Å². The van der Waals surface area contributed by atoms with Crippen molar-refractivity contribution in [3.63, 3.8) is 0 Å². The standard InChI is InChI=1S/C16H13NO2S/c1-10(17-9-11-5-4-8-20-11)14-15(18)12-6-2-3-7-13(12)16(14)19/h2-8,18H,9H2,1H3. The van der Waals surface area contributed by atoms with Crippen LogP contribution in [-0.2, 0) is 6.54 Å². The Hall–Kier alpha value is -2.20. The van der Waals surface area contributed by atoms with E-state index in [0.717, 1.165) is 4.88 Å². The molecule has 1 N–H and O–H groups in total. The van der Waals surface area contributed by atoms with E-state index in [1.807, 2.05) is 23.6 Å². The lowest BCUT2D eigenvalue weighted by Gasteiger charge is -2.01. The number of Topliss-reactive ketones (excluding diaryl/α,β-unsaturated/α-hetero) is 1. The molecule has 0 aliphatic heterocycles. The molecule has 1 aromatic carbocycles. The monoisotopic (exact) mass is 283 g/mol. The Morgan fingerprint density at radius 1 is 1.20 bits per heavy atom. The fourth-order valence-corrected chi connectivity index (χ4v) is 2.91. The molecule has 20 heavy (non-hydrogen) atoms. The number of fused-ring (bicyclic) bond motifs is 1. The van der Waals surface area contributed by atoms with Crippen LogP contribution < -0.4 is 0 Å². The smallest absolute Gasteiger partial charge is 0.199 e. The van der Waals surface area contributed by atoms with E-state index < -0.39 is 0 Å². The maximum Gasteiger partial charge on any atom is 0.199 e. The summed E-state index contributed by atoms with van der Waals surface area (Å²) in [6.07, 6.45) is 0. The largest absolute Gasteiger partial charge is 0.506 e. The van der Waals surface area contributed by atoms with Crippen LogP contribution in [0.5, 0.6) is 0 Å². The van der Waals surface area contributed by atoms with Crippen LogP contribution in [0.1, 0.15) is 27.7 Å². The normalized spacial score (nSPS) is 14.8. The van der Waals surface area contributed by atoms with Crippen molar-refractivity contribution in [1.29, 1.82) is 0 Å². The molecule has 1 aliphatic rings. The minimum atomic E-state index is -0.148. The van der Waals surface area contributed by atoms with Gasteiger partial charge in [-0.25, -0.2) is 0 Å². The average Bonchev–Trinajstić information content (AvgIpc) is 3.05. The van der Waals surface area contributed by atoms with Gasteiger partial charge in [0.2, 0.25) is 0 Å². The maximum absolute atomic E-state index is 12.3. The molecule has 1 heterocycles. The van der Waals surface area contributed by atoms with Crippen molar-refractivity contribution in [2.24, 2.45) is 4.99 Å². The fourth-order valence-electron chi connectivity index (χ4n) is 2.28. The summed E-state index contributed by atoms with van der Waals surface area (Å²) in [5.74, 6) is -0.108. The fraction of sp³-hybridized carbons (Fsp3) is 0.125. The number of nitrogens with zero attached hydrogens (tertiary/aromatic N) is 1. The molecule has 1 aliphatic carbocycles. The van der Waals surface area contributed by atoms with E-state index in [1.165, 1.54) is 0 Å². The summed E-state index contributed by atoms with van der Waals surface area (Å²) in [5.41, 5.74) is 2.05. The van der Waals surface area contributed by atoms with E-state index in [0.29, 0.717) is 29.0 Å². The highest BCUT2D eigenvalue weighted by Crippen LogP contribution is 2.31. The number of rotatable bonds is 3. The number of ketones is 1. The summed E-state index contributed by atoms with van der Waals surface area (Å²) in [5, 5.41) is 12.2. The van der Waals surface area contributed by atoms with Gasteiger partial charge in [-0.2, -0.15) is 0 Å². The summed E-state index contributed by atoms with van der Waals surface area (Å²) in [6, 6.07) is 11.1. The summed E-state index contributed by atoms with van der Waals surface area (Å²) in [6.45, 7) is 2.30. The average molecular weight is 283 g/mol. The second kappa shape index (κ2) is 5.06. The summed E-state index contributed by atoms with van der Waals surface area (Å²) >= 11 is 1.63. The molecule has 0 spiro atoms. The molecule has 4 heteroatoms. The number of hydrogen-bond donors (Lipinski definition) is 1. The van der Waals surface area contributed by atoms with Crippen molar-refractivity contribution >= 4 is 28.6 Å². The Kier molecular flexibility index (Phi) is 3.24. The maximum atomic E-state index is 12.3. The second-order valence-electron chi connectivity index (χ2n) is 4.58. The Morgan fingerprint density at radius 2 is 1.95 bits per heavy atom. The number of aliphatic hydroxyl groups excluding tert-OH is 1. The number of allylic oxidation sites excluding steroid dienone is 1. The summed E-state index contributed by atoms with van der Waals surface area (Å²) in [4.78, 5) is 17.9. The van der Waals surface area contributed by atoms with Gasteiger partial charge in [0.05, 0.1) is 12.1 Å². The number of benzene rings is 1. The first-order valence-corrected chi connectivity index (χ1v) is 7.17. The van der Waals surface area contributed by atoms with Gasteiger partial charge >= 0.3 is 0 Å². The van der Waals surface area contributed by atoms with E-state index >= 15 is 0 Å². The molecule has 0 atom stereocenters. The Morgan fingerprint density at radius 3 is 2.60 bits per heavy atom. The predicted molar refractivity (Wildman–Crippen MR) is 81.5 cm³/mol. The predicted octanol–water partition coefficient (Wildman–Crippen LogP) is 3.87. The van der Waals surface area contributed by atoms with Crippen molar-refractivity contribution in [1.82, 2.24) is 0 Å². The highest BCUT2D eigenvalue weighted by Gasteiger charge is 2.30. The van der Waals surface area contributed by atoms with E-state index in [2.05, 4.69) is 4.99 Å². The van der Waals surface area contributed by atoms with Crippen LogP contribution in [0.25, 0.3) is 5.76 Å². The Bertz CT molecular complexity index is 727. The lowest BCUT2D eigenvalue weighted by molar-refractivity contribution is 0.104. The van der Waals surface area contributed by atoms with Crippen molar-refractivity contribution < 1.29 is 9.90 Å². The summed E-state index contributed by atoms with van der Waals surface area (Å²) in [7, 11) is 0. The van der Waals surface area contributed by atoms with Crippen LogP contribution >= 0.6 is 11.3 Å². The minimum absolute atomic E-state index is 0.0398. The number of carbonyl (C=O) groups is 1. The molecule has 0 fully saturated rings. The lowest BCUT2D eigenvalue weighted by Crippen LogP contribution is -2.07. The zero-order valence-electron chi connectivity index (χ0n) is 11.0. The SMILES string of the molecule is CC(=NCc1cccs1)C1=C(O)c2ccccc2C1=O. The van der Waals surface area contributed by atoms with Gasteiger partial charge in [-0.3, -0.25) is 9.79 Å². The van der Waals surface area contributed by atoms with Crippen molar-refractivity contribution in [2.45, 2.75) is 13.5 Å². The van der Waals surface area contributed by atoms with E-state index in [1.54, 1.807) is 36.5 Å². The molecule has 0 saturated carbocycles. The lowest BCUT2D eigenvalue weighted by atomic mass is 10.1. The third-order valence-corrected chi connectivity index (χ3v) is 4.17. The third-order valence-electron chi connectivity index (χ3n) is 3.30. The quantitative estimate of drug-likeness (QED) is 0.869. The minimum Gasteiger partial charge on any atom is -0.506 e. The highest BCUT2D eigenvalue weighted by atomic mass is 32.1. The first-order chi connectivity index (χ1) is 9.68. The molecular formula is C16H13NO2S. The number of aliphatic hydroxyl groups is 1. The number of hydrogen-bond acceptors (Lipinski definition) is 4. The first kappa shape index (κ1) is 12.8. The van der Waals surface area contributed by atoms with Gasteiger partial charge in [0, 0.05) is 21.7 Å². The number of thiophene rings is 1. The van der Waals surface area contributed by atoms with Crippen LogP contribution in [-0.4, -0.2) is 16.6 Å². The highest BCUT2D eigenvalue weighted by molar-refractivity contribution is 7.09. The molecule has 2 aromatic rings. The molecular weight excluding hydrogens is 270 g/mol. The third kappa shape index (κ3) is 2.08. The zero-order valence-corrected chi connectivity index (χ0v) is 11.8. The van der Waals surface area contributed by atoms with Gasteiger partial charge < -0.3 is 5.11 Å². The van der Waals surface area contributed by atoms with Gasteiger partial charge in [0.15, 0.2) is 5.78 Å². The van der Waals surface area contributed by atoms with Crippen LogP contribution in [0.15, 0.2) is 52.3 Å². The number of aliphatic imine (C=N–C) groups is 1. The molecule has 100 valence electrons. The van der Waals surface area contributed by atoms with Crippen LogP contribution in [0.2, 0.25) is 0 Å². The molecule has 0 saturated heterocycles. The van der Waals surface area contributed by atoms with Crippen LogP contribution in [0, 0.1) is 0 Å². The molecule has 0 radical (unpaired) electrons. The molecule has 3 rings (SSSR count). The van der Waals surface area contributed by atoms with Crippen LogP contribution in [0.3, 0.4) is 0 Å². The van der Waals surface area contributed by atoms with Crippen LogP contribution in [0.4, 0.5) is 0 Å². The van der Waals surface area contributed by atoms with Crippen molar-refractivity contribution in [3.8, 4) is 0 Å². The Balaban J connectivity index is 1.93.